The Balaban J connectivity index is 1.37. The molecule has 0 saturated carbocycles. The van der Waals surface area contributed by atoms with Gasteiger partial charge >= 0.3 is 0 Å². The fourth-order valence-corrected chi connectivity index (χ4v) is 5.34. The fraction of sp³-hybridized carbons (Fsp3) is 0.172. The highest BCUT2D eigenvalue weighted by Crippen LogP contribution is 2.34. The number of nitrogens with one attached hydrogen (secondary N) is 1. The molecule has 0 aliphatic rings. The van der Waals surface area contributed by atoms with E-state index in [4.69, 9.17) is 34.7 Å². The fourth-order valence-electron chi connectivity index (χ4n) is 4.49. The molecule has 3 N–H and O–H groups in total. The highest BCUT2D eigenvalue weighted by atomic mass is 32.1. The van der Waals surface area contributed by atoms with E-state index in [-0.39, 0.29) is 0 Å². The predicted octanol–water partition coefficient (Wildman–Crippen LogP) is 5.50. The van der Waals surface area contributed by atoms with Crippen molar-refractivity contribution in [1.29, 1.82) is 0 Å². The summed E-state index contributed by atoms with van der Waals surface area (Å²) in [7, 11) is 3.23. The van der Waals surface area contributed by atoms with Crippen LogP contribution in [0.25, 0.3) is 28.5 Å². The number of rotatable bonds is 10. The minimum absolute atomic E-state index is 0.447. The maximum Gasteiger partial charge on any atom is 0.226 e. The number of methoxy groups -OCH3 is 2. The van der Waals surface area contributed by atoms with Crippen LogP contribution >= 0.6 is 11.3 Å². The number of aryl methyl sites for hydroxylation is 2. The van der Waals surface area contributed by atoms with Crippen molar-refractivity contribution in [1.82, 2.24) is 24.6 Å². The zero-order chi connectivity index (χ0) is 27.5. The Morgan fingerprint density at radius 3 is 2.58 bits per heavy atom. The van der Waals surface area contributed by atoms with Crippen LogP contribution in [0.1, 0.15) is 16.0 Å². The van der Waals surface area contributed by atoms with Gasteiger partial charge in [-0.15, -0.1) is 16.4 Å². The average Bonchev–Trinajstić information content (AvgIpc) is 3.75. The molecule has 0 aliphatic carbocycles. The summed E-state index contributed by atoms with van der Waals surface area (Å²) in [6.07, 6.45) is 5.03. The molecule has 0 amide bonds. The van der Waals surface area contributed by atoms with Crippen LogP contribution in [0.5, 0.6) is 11.5 Å². The molecule has 4 aromatic heterocycles. The van der Waals surface area contributed by atoms with Crippen LogP contribution in [-0.2, 0) is 19.4 Å². The van der Waals surface area contributed by atoms with Crippen LogP contribution in [0, 0.1) is 0 Å². The highest BCUT2D eigenvalue weighted by molar-refractivity contribution is 7.15. The van der Waals surface area contributed by atoms with E-state index in [9.17, 15) is 0 Å². The van der Waals surface area contributed by atoms with Gasteiger partial charge in [-0.3, -0.25) is 0 Å². The lowest BCUT2D eigenvalue weighted by molar-refractivity contribution is 0.354. The molecule has 10 nitrogen and oxygen atoms in total. The lowest BCUT2D eigenvalue weighted by atomic mass is 10.1. The highest BCUT2D eigenvalue weighted by Gasteiger charge is 2.21. The summed E-state index contributed by atoms with van der Waals surface area (Å²) in [5, 5.41) is 8.61. The summed E-state index contributed by atoms with van der Waals surface area (Å²) in [6.45, 7) is 0.476. The largest absolute Gasteiger partial charge is 0.493 e. The molecule has 4 heterocycles. The molecule has 0 atom stereocenters. The molecule has 11 heteroatoms. The number of anilines is 2. The van der Waals surface area contributed by atoms with E-state index in [1.54, 1.807) is 37.3 Å². The SMILES string of the molecule is COc1ccc(CNc2ncc(-c3nc(N)sc3CCc3ccccc3)c3nc(-c4ccco4)nn23)cc1OC. The van der Waals surface area contributed by atoms with Crippen LogP contribution in [0.2, 0.25) is 0 Å². The van der Waals surface area contributed by atoms with E-state index < -0.39 is 0 Å². The van der Waals surface area contributed by atoms with Crippen LogP contribution < -0.4 is 20.5 Å². The number of hydrogen-bond acceptors (Lipinski definition) is 10. The van der Waals surface area contributed by atoms with Gasteiger partial charge in [-0.25, -0.2) is 15.0 Å². The molecule has 40 heavy (non-hydrogen) atoms. The van der Waals surface area contributed by atoms with Crippen molar-refractivity contribution >= 4 is 28.1 Å². The number of thiazole rings is 1. The Bertz CT molecular complexity index is 1750. The third-order valence-electron chi connectivity index (χ3n) is 6.46. The second-order valence-corrected chi connectivity index (χ2v) is 10.1. The minimum Gasteiger partial charge on any atom is -0.493 e. The van der Waals surface area contributed by atoms with Gasteiger partial charge in [0.1, 0.15) is 0 Å². The average molecular weight is 554 g/mol. The molecule has 202 valence electrons. The molecular formula is C29H27N7O3S. The molecule has 0 unspecified atom stereocenters. The van der Waals surface area contributed by atoms with Crippen molar-refractivity contribution in [3.63, 3.8) is 0 Å². The maximum absolute atomic E-state index is 6.20. The molecule has 0 aliphatic heterocycles. The summed E-state index contributed by atoms with van der Waals surface area (Å²) in [6, 6.07) is 19.7. The lowest BCUT2D eigenvalue weighted by Crippen LogP contribution is -2.08. The standard InChI is InChI=1S/C29H27N7O3S/c1-37-21-12-10-19(15-23(21)38-2)16-31-29-32-17-20(27-34-26(35-36(27)29)22-9-6-14-39-22)25-24(40-28(30)33-25)13-11-18-7-4-3-5-8-18/h3-10,12,14-15,17H,11,13,16H2,1-2H3,(H2,30,33)(H,31,32). The molecule has 0 spiro atoms. The minimum atomic E-state index is 0.447. The smallest absolute Gasteiger partial charge is 0.226 e. The summed E-state index contributed by atoms with van der Waals surface area (Å²) >= 11 is 1.48. The first-order chi connectivity index (χ1) is 19.6. The molecule has 6 aromatic rings. The number of hydrogen-bond donors (Lipinski definition) is 2. The van der Waals surface area contributed by atoms with Gasteiger partial charge in [0.2, 0.25) is 11.8 Å². The summed E-state index contributed by atoms with van der Waals surface area (Å²) in [5.41, 5.74) is 10.5. The first-order valence-corrected chi connectivity index (χ1v) is 13.5. The number of nitrogens with zero attached hydrogens (tertiary/aromatic N) is 5. The van der Waals surface area contributed by atoms with Gasteiger partial charge in [0, 0.05) is 17.6 Å². The zero-order valence-electron chi connectivity index (χ0n) is 22.0. The van der Waals surface area contributed by atoms with Crippen molar-refractivity contribution < 1.29 is 13.9 Å². The Hall–Kier alpha value is -4.90. The number of ether oxygens (including phenoxy) is 2. The first kappa shape index (κ1) is 25.4. The van der Waals surface area contributed by atoms with Crippen LogP contribution in [0.15, 0.2) is 77.5 Å². The monoisotopic (exact) mass is 553 g/mol. The number of fused-ring (bicyclic) bond motifs is 1. The van der Waals surface area contributed by atoms with Gasteiger partial charge in [0.05, 0.1) is 31.7 Å². The Morgan fingerprint density at radius 2 is 1.80 bits per heavy atom. The predicted molar refractivity (Wildman–Crippen MR) is 155 cm³/mol. The Morgan fingerprint density at radius 1 is 0.950 bits per heavy atom. The third kappa shape index (κ3) is 5.06. The number of aromatic nitrogens is 5. The van der Waals surface area contributed by atoms with Gasteiger partial charge in [-0.2, -0.15) is 4.52 Å². The quantitative estimate of drug-likeness (QED) is 0.226. The Labute approximate surface area is 234 Å². The van der Waals surface area contributed by atoms with Crippen LogP contribution in [0.4, 0.5) is 11.1 Å². The Kier molecular flexibility index (Phi) is 7.02. The van der Waals surface area contributed by atoms with Crippen molar-refractivity contribution in [3.8, 4) is 34.3 Å². The molecule has 6 rings (SSSR count). The summed E-state index contributed by atoms with van der Waals surface area (Å²) in [5.74, 6) is 2.85. The molecule has 0 radical (unpaired) electrons. The van der Waals surface area contributed by atoms with Gasteiger partial charge < -0.3 is 24.9 Å². The van der Waals surface area contributed by atoms with E-state index in [2.05, 4.69) is 22.4 Å². The van der Waals surface area contributed by atoms with Gasteiger partial charge in [-0.1, -0.05) is 36.4 Å². The summed E-state index contributed by atoms with van der Waals surface area (Å²) in [4.78, 5) is 15.3. The molecule has 0 fully saturated rings. The number of benzene rings is 2. The maximum atomic E-state index is 6.20. The lowest BCUT2D eigenvalue weighted by Gasteiger charge is -2.12. The summed E-state index contributed by atoms with van der Waals surface area (Å²) < 4.78 is 18.1. The van der Waals surface area contributed by atoms with E-state index in [0.29, 0.717) is 46.4 Å². The number of nitrogen functional groups attached to an aromatic ring is 1. The second-order valence-electron chi connectivity index (χ2n) is 9.00. The van der Waals surface area contributed by atoms with Crippen LogP contribution in [0.3, 0.4) is 0 Å². The van der Waals surface area contributed by atoms with Crippen molar-refractivity contribution in [3.05, 3.63) is 89.1 Å². The van der Waals surface area contributed by atoms with E-state index in [0.717, 1.165) is 34.5 Å². The topological polar surface area (TPSA) is 126 Å². The third-order valence-corrected chi connectivity index (χ3v) is 7.40. The molecular weight excluding hydrogens is 526 g/mol. The number of furan rings is 1. The van der Waals surface area contributed by atoms with E-state index in [1.807, 2.05) is 42.5 Å². The normalized spacial score (nSPS) is 11.2. The van der Waals surface area contributed by atoms with Gasteiger partial charge in [0.25, 0.3) is 0 Å². The molecule has 0 bridgehead atoms. The molecule has 0 saturated heterocycles. The molecule has 2 aromatic carbocycles. The van der Waals surface area contributed by atoms with Crippen molar-refractivity contribution in [2.75, 3.05) is 25.3 Å². The van der Waals surface area contributed by atoms with Crippen LogP contribution in [-0.4, -0.2) is 38.8 Å². The van der Waals surface area contributed by atoms with E-state index in [1.165, 1.54) is 16.9 Å². The van der Waals surface area contributed by atoms with Crippen molar-refractivity contribution in [2.45, 2.75) is 19.4 Å². The van der Waals surface area contributed by atoms with Crippen molar-refractivity contribution in [2.24, 2.45) is 0 Å². The van der Waals surface area contributed by atoms with Gasteiger partial charge in [0.15, 0.2) is 28.0 Å². The first-order valence-electron chi connectivity index (χ1n) is 12.7. The zero-order valence-corrected chi connectivity index (χ0v) is 22.8. The van der Waals surface area contributed by atoms with Gasteiger partial charge in [-0.05, 0) is 48.2 Å². The number of nitrogens with two attached hydrogens (primary N) is 1. The second kappa shape index (κ2) is 11.1. The van der Waals surface area contributed by atoms with E-state index >= 15 is 0 Å².